The van der Waals surface area contributed by atoms with E-state index >= 15 is 0 Å². The molecule has 2 aliphatic heterocycles. The van der Waals surface area contributed by atoms with Gasteiger partial charge in [0.15, 0.2) is 0 Å². The molecule has 2 fully saturated rings. The number of alkyl halides is 3. The summed E-state index contributed by atoms with van der Waals surface area (Å²) < 4.78 is 39.7. The number of benzene rings is 1. The molecule has 1 atom stereocenters. The lowest BCUT2D eigenvalue weighted by Gasteiger charge is -2.54. The highest BCUT2D eigenvalue weighted by atomic mass is 19.4. The van der Waals surface area contributed by atoms with Crippen LogP contribution in [-0.4, -0.2) is 24.2 Å². The lowest BCUT2D eigenvalue weighted by Crippen LogP contribution is -2.64. The lowest BCUT2D eigenvalue weighted by molar-refractivity contribution is -0.150. The number of rotatable bonds is 0. The van der Waals surface area contributed by atoms with E-state index in [2.05, 4.69) is 0 Å². The second-order valence-corrected chi connectivity index (χ2v) is 9.06. The first kappa shape index (κ1) is 18.5. The molecule has 0 unspecified atom stereocenters. The van der Waals surface area contributed by atoms with Crippen LogP contribution in [0.4, 0.5) is 18.9 Å². The molecule has 146 valence electrons. The molecular weight excluding hydrogens is 355 g/mol. The molecule has 27 heavy (non-hydrogen) atoms. The molecule has 0 N–H and O–H groups in total. The van der Waals surface area contributed by atoms with Crippen LogP contribution in [0.3, 0.4) is 0 Å². The van der Waals surface area contributed by atoms with Crippen molar-refractivity contribution in [1.29, 1.82) is 0 Å². The van der Waals surface area contributed by atoms with Gasteiger partial charge in [0.05, 0.1) is 5.56 Å². The normalized spacial score (nSPS) is 26.7. The van der Waals surface area contributed by atoms with Gasteiger partial charge in [0, 0.05) is 31.1 Å². The number of fused-ring (bicyclic) bond motifs is 4. The number of hydrogen-bond donors (Lipinski definition) is 0. The van der Waals surface area contributed by atoms with E-state index in [4.69, 9.17) is 0 Å². The first-order valence-electron chi connectivity index (χ1n) is 9.58. The van der Waals surface area contributed by atoms with Gasteiger partial charge >= 0.3 is 6.18 Å². The van der Waals surface area contributed by atoms with E-state index in [1.807, 2.05) is 18.7 Å². The van der Waals surface area contributed by atoms with Crippen LogP contribution in [0.1, 0.15) is 57.1 Å². The number of halogens is 3. The van der Waals surface area contributed by atoms with E-state index < -0.39 is 17.2 Å². The third kappa shape index (κ3) is 2.79. The van der Waals surface area contributed by atoms with Crippen LogP contribution in [0.2, 0.25) is 0 Å². The molecule has 2 heterocycles. The molecular formula is C21H24F3NO2. The Morgan fingerprint density at radius 2 is 1.70 bits per heavy atom. The third-order valence-electron chi connectivity index (χ3n) is 6.53. The van der Waals surface area contributed by atoms with Crippen LogP contribution in [0.15, 0.2) is 18.2 Å². The topological polar surface area (TPSA) is 37.4 Å². The van der Waals surface area contributed by atoms with E-state index in [0.717, 1.165) is 37.1 Å². The number of nitrogens with zero attached hydrogens (tertiary/aromatic N) is 1. The Morgan fingerprint density at radius 1 is 1.04 bits per heavy atom. The van der Waals surface area contributed by atoms with Crippen molar-refractivity contribution in [3.63, 3.8) is 0 Å². The lowest BCUT2D eigenvalue weighted by atomic mass is 9.55. The van der Waals surface area contributed by atoms with Crippen molar-refractivity contribution < 1.29 is 22.8 Å². The Bertz CT molecular complexity index is 792. The number of carbonyl (C=O) groups is 2. The van der Waals surface area contributed by atoms with Crippen molar-refractivity contribution in [2.24, 2.45) is 10.8 Å². The van der Waals surface area contributed by atoms with E-state index in [1.54, 1.807) is 0 Å². The predicted molar refractivity (Wildman–Crippen MR) is 95.6 cm³/mol. The highest BCUT2D eigenvalue weighted by Crippen LogP contribution is 2.52. The van der Waals surface area contributed by atoms with Crippen LogP contribution >= 0.6 is 0 Å². The van der Waals surface area contributed by atoms with Gasteiger partial charge in [0.25, 0.3) is 0 Å². The summed E-state index contributed by atoms with van der Waals surface area (Å²) in [5, 5.41) is 0. The summed E-state index contributed by atoms with van der Waals surface area (Å²) in [4.78, 5) is 28.6. The fourth-order valence-electron chi connectivity index (χ4n) is 5.31. The maximum atomic E-state index is 13.3. The molecule has 1 spiro atoms. The van der Waals surface area contributed by atoms with E-state index in [0.29, 0.717) is 24.9 Å². The summed E-state index contributed by atoms with van der Waals surface area (Å²) in [6, 6.07) is 3.54. The fourth-order valence-corrected chi connectivity index (χ4v) is 5.31. The quantitative estimate of drug-likeness (QED) is 0.620. The number of Topliss-reactive ketones (excluding diaryl/α,β-unsaturated/α-hetero) is 2. The van der Waals surface area contributed by atoms with Gasteiger partial charge in [-0.25, -0.2) is 0 Å². The zero-order valence-electron chi connectivity index (χ0n) is 15.7. The maximum Gasteiger partial charge on any atom is 0.416 e. The standard InChI is InChI=1S/C21H24F3NO2/c1-19(2)11-17(26)20(18(27)12-19)10-13-9-14(21(22,23)24)6-7-15(13)25-8-4-3-5-16(20)25/h6-7,9,16H,3-5,8,10-12H2,1-2H3/t16-/m0/s1. The number of carbonyl (C=O) groups excluding carboxylic acids is 2. The van der Waals surface area contributed by atoms with Crippen LogP contribution in [-0.2, 0) is 22.2 Å². The SMILES string of the molecule is CC1(C)CC(=O)C2(Cc3cc(C(F)(F)F)ccc3N3CCCC[C@H]32)C(=O)C1. The second-order valence-electron chi connectivity index (χ2n) is 9.06. The van der Waals surface area contributed by atoms with Gasteiger partial charge in [0.2, 0.25) is 0 Å². The first-order chi connectivity index (χ1) is 12.5. The Labute approximate surface area is 156 Å². The van der Waals surface area contributed by atoms with Gasteiger partial charge in [-0.2, -0.15) is 13.2 Å². The Morgan fingerprint density at radius 3 is 2.33 bits per heavy atom. The molecule has 0 aromatic heterocycles. The summed E-state index contributed by atoms with van der Waals surface area (Å²) >= 11 is 0. The highest BCUT2D eigenvalue weighted by Gasteiger charge is 2.60. The number of piperidine rings is 1. The zero-order chi connectivity index (χ0) is 19.6. The average molecular weight is 379 g/mol. The van der Waals surface area contributed by atoms with Gasteiger partial charge in [-0.15, -0.1) is 0 Å². The van der Waals surface area contributed by atoms with Gasteiger partial charge in [-0.1, -0.05) is 13.8 Å². The molecule has 3 aliphatic rings. The fraction of sp³-hybridized carbons (Fsp3) is 0.619. The molecule has 0 bridgehead atoms. The Balaban J connectivity index is 1.86. The molecule has 1 aromatic carbocycles. The maximum absolute atomic E-state index is 13.3. The summed E-state index contributed by atoms with van der Waals surface area (Å²) in [6.45, 7) is 4.49. The smallest absolute Gasteiger partial charge is 0.367 e. The van der Waals surface area contributed by atoms with Crippen molar-refractivity contribution >= 4 is 17.3 Å². The minimum absolute atomic E-state index is 0.0938. The van der Waals surface area contributed by atoms with E-state index in [-0.39, 0.29) is 29.4 Å². The first-order valence-corrected chi connectivity index (χ1v) is 9.58. The third-order valence-corrected chi connectivity index (χ3v) is 6.53. The predicted octanol–water partition coefficient (Wildman–Crippen LogP) is 4.57. The van der Waals surface area contributed by atoms with Crippen molar-refractivity contribution in [3.05, 3.63) is 29.3 Å². The molecule has 1 saturated carbocycles. The number of hydrogen-bond acceptors (Lipinski definition) is 3. The molecule has 1 aromatic rings. The van der Waals surface area contributed by atoms with Crippen LogP contribution < -0.4 is 4.90 Å². The Hall–Kier alpha value is -1.85. The monoisotopic (exact) mass is 379 g/mol. The minimum atomic E-state index is -4.44. The van der Waals surface area contributed by atoms with Gasteiger partial charge in [-0.05, 0) is 54.9 Å². The number of ketones is 2. The summed E-state index contributed by atoms with van der Waals surface area (Å²) in [5.74, 6) is -0.188. The van der Waals surface area contributed by atoms with Gasteiger partial charge in [-0.3, -0.25) is 9.59 Å². The second kappa shape index (κ2) is 5.82. The van der Waals surface area contributed by atoms with Crippen molar-refractivity contribution in [2.45, 2.75) is 64.6 Å². The molecule has 1 saturated heterocycles. The van der Waals surface area contributed by atoms with Crippen LogP contribution in [0.25, 0.3) is 0 Å². The van der Waals surface area contributed by atoms with Crippen molar-refractivity contribution in [1.82, 2.24) is 0 Å². The average Bonchev–Trinajstić information content (AvgIpc) is 2.57. The summed E-state index contributed by atoms with van der Waals surface area (Å²) in [6.07, 6.45) is -1.15. The summed E-state index contributed by atoms with van der Waals surface area (Å²) in [5.41, 5.74) is -1.06. The van der Waals surface area contributed by atoms with Gasteiger partial charge < -0.3 is 4.90 Å². The number of anilines is 1. The molecule has 0 radical (unpaired) electrons. The van der Waals surface area contributed by atoms with Gasteiger partial charge in [0.1, 0.15) is 17.0 Å². The van der Waals surface area contributed by atoms with Crippen LogP contribution in [0, 0.1) is 10.8 Å². The molecule has 6 heteroatoms. The molecule has 3 nitrogen and oxygen atoms in total. The molecule has 1 aliphatic carbocycles. The van der Waals surface area contributed by atoms with E-state index in [9.17, 15) is 22.8 Å². The van der Waals surface area contributed by atoms with Crippen LogP contribution in [0.5, 0.6) is 0 Å². The minimum Gasteiger partial charge on any atom is -0.367 e. The van der Waals surface area contributed by atoms with Crippen molar-refractivity contribution in [2.75, 3.05) is 11.4 Å². The Kier molecular flexibility index (Phi) is 3.99. The van der Waals surface area contributed by atoms with Crippen molar-refractivity contribution in [3.8, 4) is 0 Å². The molecule has 4 rings (SSSR count). The van der Waals surface area contributed by atoms with E-state index in [1.165, 1.54) is 6.07 Å². The zero-order valence-corrected chi connectivity index (χ0v) is 15.7. The largest absolute Gasteiger partial charge is 0.416 e. The summed E-state index contributed by atoms with van der Waals surface area (Å²) in [7, 11) is 0. The highest BCUT2D eigenvalue weighted by molar-refractivity contribution is 6.11. The molecule has 0 amide bonds.